The predicted octanol–water partition coefficient (Wildman–Crippen LogP) is 4.04. The minimum Gasteiger partial charge on any atom is -0.457 e. The monoisotopic (exact) mass is 369 g/mol. The number of nitrogens with zero attached hydrogens (tertiary/aromatic N) is 1. The van der Waals surface area contributed by atoms with Gasteiger partial charge < -0.3 is 13.9 Å². The maximum atomic E-state index is 12.8. The third-order valence-electron chi connectivity index (χ3n) is 3.90. The zero-order valence-electron chi connectivity index (χ0n) is 14.8. The van der Waals surface area contributed by atoms with Crippen LogP contribution in [-0.2, 0) is 4.79 Å². The summed E-state index contributed by atoms with van der Waals surface area (Å²) in [6, 6.07) is 8.37. The van der Waals surface area contributed by atoms with Crippen LogP contribution in [0.15, 0.2) is 45.6 Å². The van der Waals surface area contributed by atoms with E-state index in [-0.39, 0.29) is 28.3 Å². The fourth-order valence-electron chi connectivity index (χ4n) is 2.60. The highest BCUT2D eigenvalue weighted by Crippen LogP contribution is 2.31. The molecule has 3 rings (SSSR count). The lowest BCUT2D eigenvalue weighted by Gasteiger charge is -2.11. The fourth-order valence-corrected chi connectivity index (χ4v) is 2.60. The molecule has 0 atom stereocenters. The fraction of sp³-hybridized carbons (Fsp3) is 0.158. The molecule has 0 aliphatic heterocycles. The third-order valence-corrected chi connectivity index (χ3v) is 3.90. The van der Waals surface area contributed by atoms with E-state index in [1.807, 2.05) is 0 Å². The number of rotatable bonds is 4. The molecule has 0 aliphatic rings. The van der Waals surface area contributed by atoms with Crippen LogP contribution in [0.3, 0.4) is 0 Å². The molecular weight excluding hydrogens is 354 g/mol. The van der Waals surface area contributed by atoms with Crippen molar-refractivity contribution in [2.24, 2.45) is 0 Å². The van der Waals surface area contributed by atoms with Gasteiger partial charge in [0.15, 0.2) is 0 Å². The van der Waals surface area contributed by atoms with E-state index in [0.29, 0.717) is 16.9 Å². The minimum absolute atomic E-state index is 0.0176. The Kier molecular flexibility index (Phi) is 4.64. The van der Waals surface area contributed by atoms with Gasteiger partial charge in [0.2, 0.25) is 11.2 Å². The van der Waals surface area contributed by atoms with Crippen molar-refractivity contribution in [2.75, 3.05) is 0 Å². The first-order valence-corrected chi connectivity index (χ1v) is 7.95. The largest absolute Gasteiger partial charge is 0.457 e. The van der Waals surface area contributed by atoms with E-state index >= 15 is 0 Å². The zero-order chi connectivity index (χ0) is 19.7. The van der Waals surface area contributed by atoms with Gasteiger partial charge in [0.1, 0.15) is 22.8 Å². The molecule has 0 fully saturated rings. The molecule has 8 nitrogen and oxygen atoms in total. The molecule has 3 aromatic rings. The van der Waals surface area contributed by atoms with Gasteiger partial charge in [-0.25, -0.2) is 0 Å². The Morgan fingerprint density at radius 3 is 2.37 bits per heavy atom. The number of esters is 1. The summed E-state index contributed by atoms with van der Waals surface area (Å²) >= 11 is 0. The molecule has 1 aromatic heterocycles. The smallest absolute Gasteiger partial charge is 0.308 e. The van der Waals surface area contributed by atoms with Crippen molar-refractivity contribution >= 4 is 22.6 Å². The molecule has 0 bridgehead atoms. The summed E-state index contributed by atoms with van der Waals surface area (Å²) in [7, 11) is 0. The van der Waals surface area contributed by atoms with Crippen molar-refractivity contribution in [1.82, 2.24) is 0 Å². The summed E-state index contributed by atoms with van der Waals surface area (Å²) in [5.41, 5.74) is 0.333. The topological polar surface area (TPSA) is 109 Å². The van der Waals surface area contributed by atoms with Crippen LogP contribution in [0.2, 0.25) is 0 Å². The first kappa shape index (κ1) is 18.1. The average Bonchev–Trinajstić information content (AvgIpc) is 2.61. The van der Waals surface area contributed by atoms with Gasteiger partial charge in [-0.15, -0.1) is 0 Å². The molecule has 2 aromatic carbocycles. The number of carbonyl (C=O) groups is 1. The highest BCUT2D eigenvalue weighted by atomic mass is 16.6. The second-order valence-corrected chi connectivity index (χ2v) is 5.83. The molecule has 0 amide bonds. The molecule has 0 saturated heterocycles. The number of hydrogen-bond donors (Lipinski definition) is 0. The average molecular weight is 369 g/mol. The van der Waals surface area contributed by atoms with Crippen molar-refractivity contribution in [3.05, 3.63) is 68.1 Å². The Hall–Kier alpha value is -3.68. The Morgan fingerprint density at radius 1 is 1.11 bits per heavy atom. The van der Waals surface area contributed by atoms with Crippen LogP contribution in [0.5, 0.6) is 17.2 Å². The van der Waals surface area contributed by atoms with Crippen molar-refractivity contribution < 1.29 is 23.6 Å². The van der Waals surface area contributed by atoms with E-state index in [1.54, 1.807) is 13.8 Å². The Labute approximate surface area is 153 Å². The molecule has 138 valence electrons. The molecule has 0 aliphatic carbocycles. The van der Waals surface area contributed by atoms with Crippen LogP contribution in [0.4, 0.5) is 5.69 Å². The van der Waals surface area contributed by atoms with Gasteiger partial charge in [0.05, 0.1) is 10.3 Å². The van der Waals surface area contributed by atoms with Crippen molar-refractivity contribution in [3.63, 3.8) is 0 Å². The van der Waals surface area contributed by atoms with Gasteiger partial charge in [-0.2, -0.15) is 0 Å². The van der Waals surface area contributed by atoms with E-state index in [9.17, 15) is 19.7 Å². The summed E-state index contributed by atoms with van der Waals surface area (Å²) in [4.78, 5) is 34.2. The van der Waals surface area contributed by atoms with Gasteiger partial charge in [-0.05, 0) is 38.1 Å². The Balaban J connectivity index is 2.05. The number of nitro benzene ring substituents is 1. The van der Waals surface area contributed by atoms with Gasteiger partial charge in [0.25, 0.3) is 5.69 Å². The van der Waals surface area contributed by atoms with Crippen LogP contribution in [-0.4, -0.2) is 10.9 Å². The number of hydrogen-bond acceptors (Lipinski definition) is 7. The number of carbonyl (C=O) groups excluding carboxylic acids is 1. The first-order chi connectivity index (χ1) is 12.8. The van der Waals surface area contributed by atoms with Crippen molar-refractivity contribution in [3.8, 4) is 17.2 Å². The third kappa shape index (κ3) is 3.50. The van der Waals surface area contributed by atoms with E-state index in [4.69, 9.17) is 13.9 Å². The van der Waals surface area contributed by atoms with E-state index in [1.165, 1.54) is 43.3 Å². The van der Waals surface area contributed by atoms with Crippen molar-refractivity contribution in [2.45, 2.75) is 20.8 Å². The number of nitro groups is 1. The number of aryl methyl sites for hydroxylation is 2. The Bertz CT molecular complexity index is 1110. The lowest BCUT2D eigenvalue weighted by molar-refractivity contribution is -0.384. The minimum atomic E-state index is -0.525. The van der Waals surface area contributed by atoms with Crippen LogP contribution < -0.4 is 14.9 Å². The first-order valence-electron chi connectivity index (χ1n) is 7.95. The van der Waals surface area contributed by atoms with Crippen LogP contribution >= 0.6 is 0 Å². The molecule has 8 heteroatoms. The zero-order valence-corrected chi connectivity index (χ0v) is 14.8. The molecular formula is C19H15NO7. The van der Waals surface area contributed by atoms with Gasteiger partial charge in [-0.1, -0.05) is 0 Å². The summed E-state index contributed by atoms with van der Waals surface area (Å²) in [6.45, 7) is 4.53. The Morgan fingerprint density at radius 2 is 1.78 bits per heavy atom. The van der Waals surface area contributed by atoms with E-state index < -0.39 is 16.3 Å². The molecule has 0 N–H and O–H groups in total. The maximum absolute atomic E-state index is 12.8. The molecule has 0 spiro atoms. The normalized spacial score (nSPS) is 10.6. The van der Waals surface area contributed by atoms with Crippen LogP contribution in [0, 0.1) is 24.0 Å². The van der Waals surface area contributed by atoms with Gasteiger partial charge >= 0.3 is 5.97 Å². The summed E-state index contributed by atoms with van der Waals surface area (Å²) in [5, 5.41) is 11.0. The lowest BCUT2D eigenvalue weighted by atomic mass is 10.1. The van der Waals surface area contributed by atoms with Crippen LogP contribution in [0.25, 0.3) is 11.0 Å². The molecule has 1 heterocycles. The lowest BCUT2D eigenvalue weighted by Crippen LogP contribution is -2.09. The summed E-state index contributed by atoms with van der Waals surface area (Å²) in [5.74, 6) is 0.310. The highest BCUT2D eigenvalue weighted by Gasteiger charge is 2.18. The number of benzene rings is 2. The number of non-ortho nitro benzene ring substituents is 1. The van der Waals surface area contributed by atoms with E-state index in [2.05, 4.69) is 0 Å². The molecule has 0 radical (unpaired) electrons. The number of fused-ring (bicyclic) bond motifs is 1. The summed E-state index contributed by atoms with van der Waals surface area (Å²) < 4.78 is 16.4. The predicted molar refractivity (Wildman–Crippen MR) is 96.4 cm³/mol. The summed E-state index contributed by atoms with van der Waals surface area (Å²) in [6.07, 6.45) is 0. The standard InChI is InChI=1S/C19H15NO7/c1-10-16(26-12(3)21)9-8-15-17(22)19(11(2)25-18(10)15)27-14-6-4-13(5-7-14)20(23)24/h4-9H,1-3H3. The van der Waals surface area contributed by atoms with Crippen molar-refractivity contribution in [1.29, 1.82) is 0 Å². The molecule has 0 unspecified atom stereocenters. The highest BCUT2D eigenvalue weighted by molar-refractivity contribution is 5.84. The second-order valence-electron chi connectivity index (χ2n) is 5.83. The van der Waals surface area contributed by atoms with Crippen LogP contribution in [0.1, 0.15) is 18.2 Å². The quantitative estimate of drug-likeness (QED) is 0.295. The maximum Gasteiger partial charge on any atom is 0.308 e. The SMILES string of the molecule is CC(=O)Oc1ccc2c(=O)c(Oc3ccc([N+](=O)[O-])cc3)c(C)oc2c1C. The van der Waals surface area contributed by atoms with E-state index in [0.717, 1.165) is 0 Å². The molecule has 27 heavy (non-hydrogen) atoms. The van der Waals surface area contributed by atoms with Gasteiger partial charge in [-0.3, -0.25) is 19.7 Å². The van der Waals surface area contributed by atoms with Gasteiger partial charge in [0, 0.05) is 24.6 Å². The molecule has 0 saturated carbocycles. The number of ether oxygens (including phenoxy) is 2. The second kappa shape index (κ2) is 6.91.